The van der Waals surface area contributed by atoms with Crippen molar-refractivity contribution < 1.29 is 4.42 Å². The number of pyridine rings is 1. The molecule has 1 aromatic carbocycles. The van der Waals surface area contributed by atoms with Gasteiger partial charge in [-0.25, -0.2) is 9.97 Å². The molecule has 0 unspecified atom stereocenters. The average molecular weight is 275 g/mol. The zero-order valence-electron chi connectivity index (χ0n) is 10.9. The zero-order chi connectivity index (χ0) is 14.2. The highest BCUT2D eigenvalue weighted by Crippen LogP contribution is 2.27. The van der Waals surface area contributed by atoms with E-state index in [4.69, 9.17) is 4.42 Å². The van der Waals surface area contributed by atoms with E-state index in [9.17, 15) is 4.79 Å². The number of hydrogen-bond donors (Lipinski definition) is 0. The van der Waals surface area contributed by atoms with Crippen molar-refractivity contribution in [2.75, 3.05) is 0 Å². The molecule has 5 heteroatoms. The van der Waals surface area contributed by atoms with E-state index in [1.54, 1.807) is 12.3 Å². The molecule has 0 fully saturated rings. The summed E-state index contributed by atoms with van der Waals surface area (Å²) in [6.45, 7) is 0. The molecule has 0 spiro atoms. The molecular weight excluding hydrogens is 266 g/mol. The Bertz CT molecular complexity index is 1010. The maximum atomic E-state index is 12.5. The van der Waals surface area contributed by atoms with Crippen LogP contribution in [0.4, 0.5) is 0 Å². The lowest BCUT2D eigenvalue weighted by molar-refractivity contribution is 0.643. The minimum atomic E-state index is -0.183. The van der Waals surface area contributed by atoms with Crippen LogP contribution < -0.4 is 5.43 Å². The predicted molar refractivity (Wildman–Crippen MR) is 78.8 cm³/mol. The maximum Gasteiger partial charge on any atom is 0.249 e. The summed E-state index contributed by atoms with van der Waals surface area (Å²) >= 11 is 0. The van der Waals surface area contributed by atoms with Crippen molar-refractivity contribution in [2.24, 2.45) is 0 Å². The van der Waals surface area contributed by atoms with Crippen LogP contribution in [0.2, 0.25) is 0 Å². The molecule has 3 aromatic heterocycles. The molecule has 0 saturated carbocycles. The molecular formula is C16H9N3O2. The lowest BCUT2D eigenvalue weighted by Crippen LogP contribution is -2.05. The van der Waals surface area contributed by atoms with Gasteiger partial charge in [0.2, 0.25) is 11.1 Å². The second kappa shape index (κ2) is 4.49. The summed E-state index contributed by atoms with van der Waals surface area (Å²) in [4.78, 5) is 24.9. The van der Waals surface area contributed by atoms with E-state index >= 15 is 0 Å². The highest BCUT2D eigenvalue weighted by Gasteiger charge is 2.13. The Morgan fingerprint density at radius 2 is 1.76 bits per heavy atom. The summed E-state index contributed by atoms with van der Waals surface area (Å²) in [7, 11) is 0. The fourth-order valence-corrected chi connectivity index (χ4v) is 2.33. The standard InChI is InChI=1S/C16H9N3O2/c20-14-11-5-3-4-10(12-6-1-2-7-17-12)15(11)21-16-13(14)18-8-9-19-16/h1-9H. The summed E-state index contributed by atoms with van der Waals surface area (Å²) in [5.74, 6) is 0. The third kappa shape index (κ3) is 1.79. The SMILES string of the molecule is O=c1c2cccc(-c3ccccn3)c2oc2nccnc12. The number of rotatable bonds is 1. The Kier molecular flexibility index (Phi) is 2.50. The molecule has 0 amide bonds. The number of aromatic nitrogens is 3. The molecule has 0 aliphatic rings. The minimum Gasteiger partial charge on any atom is -0.435 e. The van der Waals surface area contributed by atoms with Crippen molar-refractivity contribution in [2.45, 2.75) is 0 Å². The van der Waals surface area contributed by atoms with Gasteiger partial charge in [0.1, 0.15) is 5.58 Å². The molecule has 100 valence electrons. The van der Waals surface area contributed by atoms with Crippen molar-refractivity contribution in [3.8, 4) is 11.3 Å². The molecule has 21 heavy (non-hydrogen) atoms. The van der Waals surface area contributed by atoms with Crippen LogP contribution in [-0.2, 0) is 0 Å². The molecule has 4 aromatic rings. The monoisotopic (exact) mass is 275 g/mol. The largest absolute Gasteiger partial charge is 0.435 e. The highest BCUT2D eigenvalue weighted by atomic mass is 16.3. The molecule has 0 aliphatic heterocycles. The molecule has 0 radical (unpaired) electrons. The van der Waals surface area contributed by atoms with E-state index in [0.29, 0.717) is 11.0 Å². The van der Waals surface area contributed by atoms with Crippen molar-refractivity contribution >= 4 is 22.2 Å². The maximum absolute atomic E-state index is 12.5. The summed E-state index contributed by atoms with van der Waals surface area (Å²) < 4.78 is 5.80. The topological polar surface area (TPSA) is 68.9 Å². The van der Waals surface area contributed by atoms with Crippen LogP contribution in [0.5, 0.6) is 0 Å². The van der Waals surface area contributed by atoms with Crippen LogP contribution in [0.1, 0.15) is 0 Å². The lowest BCUT2D eigenvalue weighted by Gasteiger charge is -2.05. The first-order valence-corrected chi connectivity index (χ1v) is 6.42. The highest BCUT2D eigenvalue weighted by molar-refractivity contribution is 5.95. The number of nitrogens with zero attached hydrogens (tertiary/aromatic N) is 3. The fourth-order valence-electron chi connectivity index (χ4n) is 2.33. The first-order valence-electron chi connectivity index (χ1n) is 6.42. The van der Waals surface area contributed by atoms with Gasteiger partial charge in [0.05, 0.1) is 11.1 Å². The van der Waals surface area contributed by atoms with E-state index < -0.39 is 0 Å². The van der Waals surface area contributed by atoms with E-state index in [0.717, 1.165) is 11.3 Å². The van der Waals surface area contributed by atoms with Gasteiger partial charge in [-0.3, -0.25) is 9.78 Å². The smallest absolute Gasteiger partial charge is 0.249 e. The predicted octanol–water partition coefficient (Wildman–Crippen LogP) is 2.80. The zero-order valence-corrected chi connectivity index (χ0v) is 10.9. The van der Waals surface area contributed by atoms with Gasteiger partial charge in [0, 0.05) is 24.2 Å². The van der Waals surface area contributed by atoms with Gasteiger partial charge >= 0.3 is 0 Å². The van der Waals surface area contributed by atoms with Crippen LogP contribution in [-0.4, -0.2) is 15.0 Å². The van der Waals surface area contributed by atoms with Gasteiger partial charge in [-0.15, -0.1) is 0 Å². The third-order valence-corrected chi connectivity index (χ3v) is 3.28. The minimum absolute atomic E-state index is 0.183. The summed E-state index contributed by atoms with van der Waals surface area (Å²) in [5, 5.41) is 0.478. The van der Waals surface area contributed by atoms with Crippen molar-refractivity contribution in [1.82, 2.24) is 15.0 Å². The third-order valence-electron chi connectivity index (χ3n) is 3.28. The van der Waals surface area contributed by atoms with E-state index in [1.807, 2.05) is 30.3 Å². The van der Waals surface area contributed by atoms with Crippen molar-refractivity contribution in [3.63, 3.8) is 0 Å². The second-order valence-corrected chi connectivity index (χ2v) is 4.54. The van der Waals surface area contributed by atoms with E-state index in [1.165, 1.54) is 12.4 Å². The molecule has 0 aliphatic carbocycles. The lowest BCUT2D eigenvalue weighted by atomic mass is 10.1. The van der Waals surface area contributed by atoms with Gasteiger partial charge in [0.25, 0.3) is 0 Å². The summed E-state index contributed by atoms with van der Waals surface area (Å²) in [6, 6.07) is 11.0. The van der Waals surface area contributed by atoms with Crippen LogP contribution >= 0.6 is 0 Å². The molecule has 3 heterocycles. The Balaban J connectivity index is 2.18. The Labute approximate surface area is 118 Å². The first-order chi connectivity index (χ1) is 10.3. The van der Waals surface area contributed by atoms with Crippen molar-refractivity contribution in [3.05, 3.63) is 65.2 Å². The Morgan fingerprint density at radius 1 is 0.857 bits per heavy atom. The molecule has 4 rings (SSSR count). The number of benzene rings is 1. The van der Waals surface area contributed by atoms with Crippen LogP contribution in [0.3, 0.4) is 0 Å². The second-order valence-electron chi connectivity index (χ2n) is 4.54. The van der Waals surface area contributed by atoms with Gasteiger partial charge in [0.15, 0.2) is 5.52 Å². The van der Waals surface area contributed by atoms with Gasteiger partial charge < -0.3 is 4.42 Å². The number of hydrogen-bond acceptors (Lipinski definition) is 5. The first kappa shape index (κ1) is 11.7. The Morgan fingerprint density at radius 3 is 2.62 bits per heavy atom. The summed E-state index contributed by atoms with van der Waals surface area (Å²) in [5.41, 5.74) is 2.28. The Hall–Kier alpha value is -3.08. The van der Waals surface area contributed by atoms with Gasteiger partial charge in [-0.2, -0.15) is 0 Å². The van der Waals surface area contributed by atoms with Crippen molar-refractivity contribution in [1.29, 1.82) is 0 Å². The molecule has 5 nitrogen and oxygen atoms in total. The average Bonchev–Trinajstić information content (AvgIpc) is 2.56. The van der Waals surface area contributed by atoms with E-state index in [2.05, 4.69) is 15.0 Å². The van der Waals surface area contributed by atoms with Gasteiger partial charge in [-0.1, -0.05) is 12.1 Å². The number of fused-ring (bicyclic) bond motifs is 2. The molecule has 0 bridgehead atoms. The molecule has 0 saturated heterocycles. The quantitative estimate of drug-likeness (QED) is 0.500. The molecule has 0 N–H and O–H groups in total. The van der Waals surface area contributed by atoms with Crippen LogP contribution in [0.25, 0.3) is 33.5 Å². The van der Waals surface area contributed by atoms with Gasteiger partial charge in [-0.05, 0) is 24.3 Å². The molecule has 0 atom stereocenters. The summed E-state index contributed by atoms with van der Waals surface area (Å²) in [6.07, 6.45) is 4.68. The normalized spacial score (nSPS) is 11.0. The fraction of sp³-hybridized carbons (Fsp3) is 0. The van der Waals surface area contributed by atoms with Crippen LogP contribution in [0.15, 0.2) is 64.2 Å². The van der Waals surface area contributed by atoms with E-state index in [-0.39, 0.29) is 16.7 Å². The number of para-hydroxylation sites is 1. The van der Waals surface area contributed by atoms with Crippen LogP contribution in [0, 0.1) is 0 Å².